The first kappa shape index (κ1) is 18.8. The number of halogens is 3. The molecule has 136 valence electrons. The highest BCUT2D eigenvalue weighted by atomic mass is 19.4. The number of carbonyl (C=O) groups is 1. The van der Waals surface area contributed by atoms with Crippen LogP contribution in [0.4, 0.5) is 24.5 Å². The molecule has 0 radical (unpaired) electrons. The van der Waals surface area contributed by atoms with Gasteiger partial charge in [-0.25, -0.2) is 0 Å². The maximum atomic E-state index is 12.9. The van der Waals surface area contributed by atoms with Crippen LogP contribution < -0.4 is 10.2 Å². The molecule has 8 heteroatoms. The molecular weight excluding hydrogens is 333 g/mol. The molecule has 0 fully saturated rings. The number of nitrogens with zero attached hydrogens (tertiary/aromatic N) is 3. The van der Waals surface area contributed by atoms with Crippen LogP contribution in [-0.2, 0) is 17.5 Å². The van der Waals surface area contributed by atoms with E-state index in [0.717, 1.165) is 24.8 Å². The quantitative estimate of drug-likeness (QED) is 0.861. The number of benzene rings is 1. The molecule has 2 rings (SSSR count). The molecule has 1 heterocycles. The number of carbonyl (C=O) groups excluding carboxylic acids is 1. The van der Waals surface area contributed by atoms with Gasteiger partial charge in [0.05, 0.1) is 5.69 Å². The second kappa shape index (κ2) is 7.58. The Kier molecular flexibility index (Phi) is 5.71. The van der Waals surface area contributed by atoms with Gasteiger partial charge in [-0.1, -0.05) is 0 Å². The van der Waals surface area contributed by atoms with Crippen molar-refractivity contribution in [2.45, 2.75) is 33.5 Å². The first-order chi connectivity index (χ1) is 11.7. The van der Waals surface area contributed by atoms with Gasteiger partial charge in [-0.05, 0) is 51.1 Å². The number of hydrogen-bond donors (Lipinski definition) is 1. The van der Waals surface area contributed by atoms with Gasteiger partial charge < -0.3 is 10.2 Å². The lowest BCUT2D eigenvalue weighted by Crippen LogP contribution is -2.24. The van der Waals surface area contributed by atoms with Crippen molar-refractivity contribution in [2.75, 3.05) is 23.3 Å². The molecule has 0 bridgehead atoms. The molecule has 5 nitrogen and oxygen atoms in total. The third kappa shape index (κ3) is 4.74. The molecular formula is C17H21F3N4O. The van der Waals surface area contributed by atoms with E-state index in [4.69, 9.17) is 0 Å². The minimum Gasteiger partial charge on any atom is -0.372 e. The summed E-state index contributed by atoms with van der Waals surface area (Å²) < 4.78 is 39.5. The van der Waals surface area contributed by atoms with E-state index in [2.05, 4.69) is 15.3 Å². The molecule has 0 saturated heterocycles. The first-order valence-electron chi connectivity index (χ1n) is 8.01. The lowest BCUT2D eigenvalue weighted by Gasteiger charge is -2.21. The van der Waals surface area contributed by atoms with Crippen molar-refractivity contribution >= 4 is 17.3 Å². The SMILES string of the molecule is CCN(CC)c1ccc(NC(=O)Cn2nc(C)cc2C(F)(F)F)cc1. The Balaban J connectivity index is 2.06. The number of aryl methyl sites for hydroxylation is 1. The number of amides is 1. The van der Waals surface area contributed by atoms with E-state index < -0.39 is 24.3 Å². The van der Waals surface area contributed by atoms with Crippen molar-refractivity contribution in [3.8, 4) is 0 Å². The van der Waals surface area contributed by atoms with Gasteiger partial charge in [0.2, 0.25) is 5.91 Å². The predicted octanol–water partition coefficient (Wildman–Crippen LogP) is 3.70. The number of aromatic nitrogens is 2. The molecule has 2 aromatic rings. The topological polar surface area (TPSA) is 50.2 Å². The van der Waals surface area contributed by atoms with Gasteiger partial charge in [-0.2, -0.15) is 18.3 Å². The zero-order chi connectivity index (χ0) is 18.6. The molecule has 1 aromatic carbocycles. The largest absolute Gasteiger partial charge is 0.433 e. The molecule has 0 unspecified atom stereocenters. The average Bonchev–Trinajstić information content (AvgIpc) is 2.90. The van der Waals surface area contributed by atoms with Crippen LogP contribution in [0.15, 0.2) is 30.3 Å². The van der Waals surface area contributed by atoms with E-state index in [0.29, 0.717) is 10.4 Å². The van der Waals surface area contributed by atoms with E-state index in [9.17, 15) is 18.0 Å². The molecule has 0 saturated carbocycles. The minimum absolute atomic E-state index is 0.212. The monoisotopic (exact) mass is 354 g/mol. The van der Waals surface area contributed by atoms with E-state index in [1.54, 1.807) is 12.1 Å². The third-order valence-electron chi connectivity index (χ3n) is 3.77. The molecule has 25 heavy (non-hydrogen) atoms. The maximum absolute atomic E-state index is 12.9. The van der Waals surface area contributed by atoms with Crippen LogP contribution in [0.5, 0.6) is 0 Å². The summed E-state index contributed by atoms with van der Waals surface area (Å²) in [6.07, 6.45) is -4.55. The van der Waals surface area contributed by atoms with Gasteiger partial charge in [0.25, 0.3) is 0 Å². The van der Waals surface area contributed by atoms with E-state index in [1.165, 1.54) is 6.92 Å². The molecule has 0 aliphatic carbocycles. The summed E-state index contributed by atoms with van der Waals surface area (Å²) in [7, 11) is 0. The van der Waals surface area contributed by atoms with Crippen molar-refractivity contribution in [2.24, 2.45) is 0 Å². The summed E-state index contributed by atoms with van der Waals surface area (Å²) in [6.45, 7) is 6.77. The first-order valence-corrected chi connectivity index (χ1v) is 8.01. The smallest absolute Gasteiger partial charge is 0.372 e. The number of anilines is 2. The van der Waals surface area contributed by atoms with Gasteiger partial charge >= 0.3 is 6.18 Å². The molecule has 1 aromatic heterocycles. The van der Waals surface area contributed by atoms with Crippen LogP contribution >= 0.6 is 0 Å². The lowest BCUT2D eigenvalue weighted by molar-refractivity contribution is -0.144. The molecule has 0 aliphatic heterocycles. The minimum atomic E-state index is -4.55. The average molecular weight is 354 g/mol. The Bertz CT molecular complexity index is 718. The van der Waals surface area contributed by atoms with Gasteiger partial charge in [-0.3, -0.25) is 9.48 Å². The van der Waals surface area contributed by atoms with Crippen LogP contribution in [0.3, 0.4) is 0 Å². The fourth-order valence-electron chi connectivity index (χ4n) is 2.58. The summed E-state index contributed by atoms with van der Waals surface area (Å²) in [5.41, 5.74) is 0.823. The summed E-state index contributed by atoms with van der Waals surface area (Å²) in [6, 6.07) is 8.10. The van der Waals surface area contributed by atoms with Crippen molar-refractivity contribution in [3.63, 3.8) is 0 Å². The Morgan fingerprint density at radius 3 is 2.32 bits per heavy atom. The van der Waals surface area contributed by atoms with Crippen molar-refractivity contribution in [1.82, 2.24) is 9.78 Å². The Hall–Kier alpha value is -2.51. The highest BCUT2D eigenvalue weighted by Crippen LogP contribution is 2.29. The van der Waals surface area contributed by atoms with E-state index >= 15 is 0 Å². The zero-order valence-electron chi connectivity index (χ0n) is 14.4. The van der Waals surface area contributed by atoms with Crippen LogP contribution in [0.25, 0.3) is 0 Å². The Labute approximate surface area is 144 Å². The molecule has 0 aliphatic rings. The van der Waals surface area contributed by atoms with E-state index in [1.807, 2.05) is 26.0 Å². The summed E-state index contributed by atoms with van der Waals surface area (Å²) in [5, 5.41) is 6.34. The number of hydrogen-bond acceptors (Lipinski definition) is 3. The highest BCUT2D eigenvalue weighted by molar-refractivity contribution is 5.90. The molecule has 0 atom stereocenters. The molecule has 0 spiro atoms. The van der Waals surface area contributed by atoms with Gasteiger partial charge in [0.15, 0.2) is 0 Å². The third-order valence-corrected chi connectivity index (χ3v) is 3.77. The molecule has 1 N–H and O–H groups in total. The number of alkyl halides is 3. The second-order valence-electron chi connectivity index (χ2n) is 5.59. The van der Waals surface area contributed by atoms with Crippen LogP contribution in [-0.4, -0.2) is 28.8 Å². The summed E-state index contributed by atoms with van der Waals surface area (Å²) >= 11 is 0. The fraction of sp³-hybridized carbons (Fsp3) is 0.412. The van der Waals surface area contributed by atoms with Crippen LogP contribution in [0.2, 0.25) is 0 Å². The van der Waals surface area contributed by atoms with Crippen molar-refractivity contribution in [1.29, 1.82) is 0 Å². The van der Waals surface area contributed by atoms with Crippen molar-refractivity contribution in [3.05, 3.63) is 41.7 Å². The van der Waals surface area contributed by atoms with Gasteiger partial charge in [0, 0.05) is 24.5 Å². The van der Waals surface area contributed by atoms with E-state index in [-0.39, 0.29) is 5.69 Å². The standard InChI is InChI=1S/C17H21F3N4O/c1-4-23(5-2)14-8-6-13(7-9-14)21-16(25)11-24-15(17(18,19)20)10-12(3)22-24/h6-10H,4-5,11H2,1-3H3,(H,21,25). The zero-order valence-corrected chi connectivity index (χ0v) is 14.4. The number of nitrogens with one attached hydrogen (secondary N) is 1. The van der Waals surface area contributed by atoms with Crippen LogP contribution in [0, 0.1) is 6.92 Å². The van der Waals surface area contributed by atoms with Gasteiger partial charge in [0.1, 0.15) is 12.2 Å². The number of rotatable bonds is 6. The summed E-state index contributed by atoms with van der Waals surface area (Å²) in [4.78, 5) is 14.2. The predicted molar refractivity (Wildman–Crippen MR) is 90.6 cm³/mol. The Morgan fingerprint density at radius 2 is 1.80 bits per heavy atom. The van der Waals surface area contributed by atoms with Crippen LogP contribution in [0.1, 0.15) is 25.2 Å². The second-order valence-corrected chi connectivity index (χ2v) is 5.59. The molecule has 1 amide bonds. The lowest BCUT2D eigenvalue weighted by atomic mass is 10.2. The Morgan fingerprint density at radius 1 is 1.20 bits per heavy atom. The van der Waals surface area contributed by atoms with Gasteiger partial charge in [-0.15, -0.1) is 0 Å². The summed E-state index contributed by atoms with van der Waals surface area (Å²) in [5.74, 6) is -0.566. The maximum Gasteiger partial charge on any atom is 0.433 e. The highest BCUT2D eigenvalue weighted by Gasteiger charge is 2.35. The fourth-order valence-corrected chi connectivity index (χ4v) is 2.58. The van der Waals surface area contributed by atoms with Crippen molar-refractivity contribution < 1.29 is 18.0 Å². The normalized spacial score (nSPS) is 11.4.